The molecule has 0 radical (unpaired) electrons. The molecule has 0 unspecified atom stereocenters. The van der Waals surface area contributed by atoms with Gasteiger partial charge in [0.15, 0.2) is 11.5 Å². The molecule has 0 N–H and O–H groups in total. The number of aldehydes is 1. The van der Waals surface area contributed by atoms with Crippen molar-refractivity contribution in [1.82, 2.24) is 0 Å². The zero-order valence-electron chi connectivity index (χ0n) is 16.3. The second-order valence-electron chi connectivity index (χ2n) is 7.33. The SMILES string of the molecule is COc1cc(C=O)ccc1OCCCOc1ccc(C)cc1C(C)(C)C. The minimum absolute atomic E-state index is 0.0333. The Balaban J connectivity index is 1.89. The first-order chi connectivity index (χ1) is 12.3. The molecule has 4 heteroatoms. The van der Waals surface area contributed by atoms with E-state index in [1.165, 1.54) is 11.1 Å². The highest BCUT2D eigenvalue weighted by Gasteiger charge is 2.19. The number of ether oxygens (including phenoxy) is 3. The highest BCUT2D eigenvalue weighted by molar-refractivity contribution is 5.76. The molecule has 0 heterocycles. The van der Waals surface area contributed by atoms with Crippen LogP contribution in [-0.4, -0.2) is 26.6 Å². The monoisotopic (exact) mass is 356 g/mol. The first kappa shape index (κ1) is 19.8. The molecule has 2 rings (SSSR count). The van der Waals surface area contributed by atoms with Crippen LogP contribution >= 0.6 is 0 Å². The Kier molecular flexibility index (Phi) is 6.67. The summed E-state index contributed by atoms with van der Waals surface area (Å²) < 4.78 is 17.0. The van der Waals surface area contributed by atoms with E-state index < -0.39 is 0 Å². The summed E-state index contributed by atoms with van der Waals surface area (Å²) in [6.45, 7) is 9.73. The molecular formula is C22H28O4. The van der Waals surface area contributed by atoms with E-state index in [4.69, 9.17) is 14.2 Å². The van der Waals surface area contributed by atoms with Crippen molar-refractivity contribution in [1.29, 1.82) is 0 Å². The van der Waals surface area contributed by atoms with E-state index in [1.807, 2.05) is 6.07 Å². The van der Waals surface area contributed by atoms with Crippen LogP contribution in [-0.2, 0) is 5.41 Å². The molecule has 0 saturated heterocycles. The zero-order chi connectivity index (χ0) is 19.2. The summed E-state index contributed by atoms with van der Waals surface area (Å²) in [7, 11) is 1.56. The van der Waals surface area contributed by atoms with Crippen LogP contribution in [0.3, 0.4) is 0 Å². The summed E-state index contributed by atoms with van der Waals surface area (Å²) in [4.78, 5) is 10.8. The van der Waals surface area contributed by atoms with Gasteiger partial charge in [-0.15, -0.1) is 0 Å². The van der Waals surface area contributed by atoms with Gasteiger partial charge in [-0.3, -0.25) is 4.79 Å². The molecule has 0 aliphatic heterocycles. The van der Waals surface area contributed by atoms with Gasteiger partial charge in [-0.1, -0.05) is 38.5 Å². The standard InChI is InChI=1S/C22H28O4/c1-16-7-9-19(18(13-16)22(2,3)4)25-11-6-12-26-20-10-8-17(15-23)14-21(20)24-5/h7-10,13-15H,6,11-12H2,1-5H3. The van der Waals surface area contributed by atoms with Crippen molar-refractivity contribution in [3.63, 3.8) is 0 Å². The van der Waals surface area contributed by atoms with Crippen LogP contribution in [0.5, 0.6) is 17.2 Å². The molecule has 4 nitrogen and oxygen atoms in total. The van der Waals surface area contributed by atoms with Gasteiger partial charge in [0, 0.05) is 12.0 Å². The van der Waals surface area contributed by atoms with Crippen molar-refractivity contribution < 1.29 is 19.0 Å². The number of carbonyl (C=O) groups is 1. The Labute approximate surface area is 156 Å². The summed E-state index contributed by atoms with van der Waals surface area (Å²) in [6.07, 6.45) is 1.53. The van der Waals surface area contributed by atoms with E-state index in [0.29, 0.717) is 30.3 Å². The van der Waals surface area contributed by atoms with Crippen molar-refractivity contribution in [2.45, 2.75) is 39.5 Å². The molecule has 0 amide bonds. The predicted octanol–water partition coefficient (Wildman–Crippen LogP) is 4.96. The highest BCUT2D eigenvalue weighted by Crippen LogP contribution is 2.32. The first-order valence-corrected chi connectivity index (χ1v) is 8.85. The van der Waals surface area contributed by atoms with Gasteiger partial charge in [-0.25, -0.2) is 0 Å². The molecule has 0 atom stereocenters. The number of rotatable bonds is 8. The predicted molar refractivity (Wildman–Crippen MR) is 104 cm³/mol. The van der Waals surface area contributed by atoms with Crippen molar-refractivity contribution >= 4 is 6.29 Å². The Morgan fingerprint density at radius 3 is 2.19 bits per heavy atom. The molecular weight excluding hydrogens is 328 g/mol. The number of methoxy groups -OCH3 is 1. The molecule has 0 saturated carbocycles. The van der Waals surface area contributed by atoms with E-state index in [9.17, 15) is 4.79 Å². The zero-order valence-corrected chi connectivity index (χ0v) is 16.3. The van der Waals surface area contributed by atoms with Crippen LogP contribution in [0, 0.1) is 6.92 Å². The topological polar surface area (TPSA) is 44.8 Å². The van der Waals surface area contributed by atoms with Crippen LogP contribution in [0.2, 0.25) is 0 Å². The van der Waals surface area contributed by atoms with Gasteiger partial charge in [0.25, 0.3) is 0 Å². The molecule has 140 valence electrons. The average Bonchev–Trinajstić information content (AvgIpc) is 2.61. The van der Waals surface area contributed by atoms with Gasteiger partial charge in [-0.05, 0) is 42.2 Å². The number of aryl methyl sites for hydroxylation is 1. The summed E-state index contributed by atoms with van der Waals surface area (Å²) in [5.41, 5.74) is 3.04. The Morgan fingerprint density at radius 2 is 1.58 bits per heavy atom. The fraction of sp³-hybridized carbons (Fsp3) is 0.409. The third-order valence-electron chi connectivity index (χ3n) is 4.07. The Hall–Kier alpha value is -2.49. The second-order valence-corrected chi connectivity index (χ2v) is 7.33. The fourth-order valence-electron chi connectivity index (χ4n) is 2.66. The Morgan fingerprint density at radius 1 is 0.923 bits per heavy atom. The van der Waals surface area contributed by atoms with Crippen LogP contribution in [0.1, 0.15) is 48.7 Å². The number of hydrogen-bond donors (Lipinski definition) is 0. The Bertz CT molecular complexity index is 744. The van der Waals surface area contributed by atoms with Gasteiger partial charge in [0.05, 0.1) is 20.3 Å². The quantitative estimate of drug-likeness (QED) is 0.495. The molecule has 0 aromatic heterocycles. The smallest absolute Gasteiger partial charge is 0.161 e. The van der Waals surface area contributed by atoms with E-state index in [0.717, 1.165) is 18.5 Å². The van der Waals surface area contributed by atoms with Crippen molar-refractivity contribution in [2.24, 2.45) is 0 Å². The lowest BCUT2D eigenvalue weighted by molar-refractivity contribution is 0.112. The molecule has 26 heavy (non-hydrogen) atoms. The molecule has 0 fully saturated rings. The lowest BCUT2D eigenvalue weighted by atomic mass is 9.85. The van der Waals surface area contributed by atoms with E-state index in [-0.39, 0.29) is 5.41 Å². The molecule has 0 aliphatic carbocycles. The van der Waals surface area contributed by atoms with Crippen LogP contribution in [0.4, 0.5) is 0 Å². The van der Waals surface area contributed by atoms with Gasteiger partial charge in [0.1, 0.15) is 12.0 Å². The van der Waals surface area contributed by atoms with Crippen molar-refractivity contribution in [2.75, 3.05) is 20.3 Å². The molecule has 0 spiro atoms. The minimum atomic E-state index is 0.0333. The lowest BCUT2D eigenvalue weighted by Crippen LogP contribution is -2.14. The maximum Gasteiger partial charge on any atom is 0.161 e. The maximum absolute atomic E-state index is 10.8. The number of benzene rings is 2. The molecule has 0 bridgehead atoms. The summed E-state index contributed by atoms with van der Waals surface area (Å²) in [5.74, 6) is 2.11. The van der Waals surface area contributed by atoms with Gasteiger partial charge in [0.2, 0.25) is 0 Å². The number of carbonyl (C=O) groups excluding carboxylic acids is 1. The van der Waals surface area contributed by atoms with Crippen molar-refractivity contribution in [3.8, 4) is 17.2 Å². The van der Waals surface area contributed by atoms with Crippen LogP contribution < -0.4 is 14.2 Å². The lowest BCUT2D eigenvalue weighted by Gasteiger charge is -2.23. The number of hydrogen-bond acceptors (Lipinski definition) is 4. The first-order valence-electron chi connectivity index (χ1n) is 8.85. The van der Waals surface area contributed by atoms with E-state index in [1.54, 1.807) is 25.3 Å². The largest absolute Gasteiger partial charge is 0.493 e. The normalized spacial score (nSPS) is 11.1. The fourth-order valence-corrected chi connectivity index (χ4v) is 2.66. The maximum atomic E-state index is 10.8. The third kappa shape index (κ3) is 5.25. The van der Waals surface area contributed by atoms with E-state index in [2.05, 4.69) is 39.8 Å². The molecule has 2 aromatic rings. The summed E-state index contributed by atoms with van der Waals surface area (Å²) in [6, 6.07) is 11.4. The third-order valence-corrected chi connectivity index (χ3v) is 4.07. The minimum Gasteiger partial charge on any atom is -0.493 e. The van der Waals surface area contributed by atoms with Gasteiger partial charge >= 0.3 is 0 Å². The molecule has 0 aliphatic rings. The van der Waals surface area contributed by atoms with Crippen LogP contribution in [0.25, 0.3) is 0 Å². The van der Waals surface area contributed by atoms with Gasteiger partial charge in [-0.2, -0.15) is 0 Å². The van der Waals surface area contributed by atoms with Crippen molar-refractivity contribution in [3.05, 3.63) is 53.1 Å². The second kappa shape index (κ2) is 8.75. The van der Waals surface area contributed by atoms with Gasteiger partial charge < -0.3 is 14.2 Å². The van der Waals surface area contributed by atoms with Crippen LogP contribution in [0.15, 0.2) is 36.4 Å². The average molecular weight is 356 g/mol. The van der Waals surface area contributed by atoms with E-state index >= 15 is 0 Å². The molecule has 2 aromatic carbocycles. The summed E-state index contributed by atoms with van der Waals surface area (Å²) >= 11 is 0. The summed E-state index contributed by atoms with van der Waals surface area (Å²) in [5, 5.41) is 0. The highest BCUT2D eigenvalue weighted by atomic mass is 16.5.